The van der Waals surface area contributed by atoms with E-state index >= 15 is 0 Å². The van der Waals surface area contributed by atoms with E-state index in [-0.39, 0.29) is 0 Å². The van der Waals surface area contributed by atoms with Crippen molar-refractivity contribution in [2.45, 2.75) is 6.04 Å². The van der Waals surface area contributed by atoms with E-state index in [1.165, 1.54) is 7.11 Å². The lowest BCUT2D eigenvalue weighted by molar-refractivity contribution is -0.138. The van der Waals surface area contributed by atoms with Crippen LogP contribution in [0.2, 0.25) is 0 Å². The van der Waals surface area contributed by atoms with Crippen molar-refractivity contribution in [3.8, 4) is 11.8 Å². The molecule has 6 heteroatoms. The molecule has 0 radical (unpaired) electrons. The number of hydrogen-bond donors (Lipinski definition) is 2. The second-order valence-corrected chi connectivity index (χ2v) is 4.25. The van der Waals surface area contributed by atoms with Crippen molar-refractivity contribution in [1.82, 2.24) is 5.32 Å². The standard InChI is InChI=1S/C13H15N3O3/c1-19-10-3-2-9(7-14)11(6-10)16-5-4-15-8-12(16)13(17)18/h2-3,6,12,15H,4-5,8H2,1H3,(H,17,18). The number of hydrogen-bond acceptors (Lipinski definition) is 5. The van der Waals surface area contributed by atoms with Gasteiger partial charge in [-0.1, -0.05) is 0 Å². The van der Waals surface area contributed by atoms with Crippen LogP contribution in [-0.2, 0) is 4.79 Å². The summed E-state index contributed by atoms with van der Waals surface area (Å²) in [7, 11) is 1.54. The maximum Gasteiger partial charge on any atom is 0.327 e. The Kier molecular flexibility index (Phi) is 3.88. The van der Waals surface area contributed by atoms with E-state index < -0.39 is 12.0 Å². The quantitative estimate of drug-likeness (QED) is 0.820. The highest BCUT2D eigenvalue weighted by Crippen LogP contribution is 2.27. The first-order valence-corrected chi connectivity index (χ1v) is 5.95. The largest absolute Gasteiger partial charge is 0.497 e. The van der Waals surface area contributed by atoms with Crippen LogP contribution in [0, 0.1) is 11.3 Å². The summed E-state index contributed by atoms with van der Waals surface area (Å²) >= 11 is 0. The molecule has 0 spiro atoms. The smallest absolute Gasteiger partial charge is 0.327 e. The fourth-order valence-electron chi connectivity index (χ4n) is 2.18. The predicted octanol–water partition coefficient (Wildman–Crippen LogP) is 0.430. The number of nitrogens with zero attached hydrogens (tertiary/aromatic N) is 2. The van der Waals surface area contributed by atoms with Crippen LogP contribution in [-0.4, -0.2) is 43.9 Å². The summed E-state index contributed by atoms with van der Waals surface area (Å²) in [5, 5.41) is 21.5. The number of piperazine rings is 1. The SMILES string of the molecule is COc1ccc(C#N)c(N2CCNCC2C(=O)O)c1. The number of anilines is 1. The molecular formula is C13H15N3O3. The van der Waals surface area contributed by atoms with Crippen LogP contribution in [0.15, 0.2) is 18.2 Å². The summed E-state index contributed by atoms with van der Waals surface area (Å²) < 4.78 is 5.14. The summed E-state index contributed by atoms with van der Waals surface area (Å²) in [4.78, 5) is 13.0. The summed E-state index contributed by atoms with van der Waals surface area (Å²) in [5.74, 6) is -0.296. The van der Waals surface area contributed by atoms with Crippen LogP contribution in [0.5, 0.6) is 5.75 Å². The van der Waals surface area contributed by atoms with Gasteiger partial charge in [0.25, 0.3) is 0 Å². The Hall–Kier alpha value is -2.26. The summed E-state index contributed by atoms with van der Waals surface area (Å²) in [6, 6.07) is 6.47. The summed E-state index contributed by atoms with van der Waals surface area (Å²) in [6.07, 6.45) is 0. The van der Waals surface area contributed by atoms with E-state index in [1.807, 2.05) is 0 Å². The Labute approximate surface area is 111 Å². The first-order chi connectivity index (χ1) is 9.17. The van der Waals surface area contributed by atoms with Gasteiger partial charge in [-0.3, -0.25) is 0 Å². The Morgan fingerprint density at radius 1 is 1.63 bits per heavy atom. The molecule has 0 bridgehead atoms. The Morgan fingerprint density at radius 2 is 2.42 bits per heavy atom. The van der Waals surface area contributed by atoms with Gasteiger partial charge in [0.15, 0.2) is 0 Å². The van der Waals surface area contributed by atoms with Gasteiger partial charge in [0.2, 0.25) is 0 Å². The number of carboxylic acid groups (broad SMARTS) is 1. The van der Waals surface area contributed by atoms with Gasteiger partial charge in [0.05, 0.1) is 18.4 Å². The molecule has 1 unspecified atom stereocenters. The van der Waals surface area contributed by atoms with Crippen LogP contribution >= 0.6 is 0 Å². The molecule has 2 rings (SSSR count). The van der Waals surface area contributed by atoms with Crippen molar-refractivity contribution in [3.05, 3.63) is 23.8 Å². The van der Waals surface area contributed by atoms with E-state index in [2.05, 4.69) is 11.4 Å². The maximum atomic E-state index is 11.3. The molecule has 1 aromatic carbocycles. The van der Waals surface area contributed by atoms with E-state index in [1.54, 1.807) is 23.1 Å². The lowest BCUT2D eigenvalue weighted by Crippen LogP contribution is -2.55. The highest BCUT2D eigenvalue weighted by Gasteiger charge is 2.30. The van der Waals surface area contributed by atoms with Crippen molar-refractivity contribution in [2.24, 2.45) is 0 Å². The molecule has 6 nitrogen and oxygen atoms in total. The predicted molar refractivity (Wildman–Crippen MR) is 69.3 cm³/mol. The van der Waals surface area contributed by atoms with Crippen molar-refractivity contribution >= 4 is 11.7 Å². The molecule has 0 amide bonds. The number of nitriles is 1. The van der Waals surface area contributed by atoms with E-state index in [4.69, 9.17) is 10.00 Å². The second kappa shape index (κ2) is 5.59. The molecular weight excluding hydrogens is 246 g/mol. The second-order valence-electron chi connectivity index (χ2n) is 4.25. The fourth-order valence-corrected chi connectivity index (χ4v) is 2.18. The van der Waals surface area contributed by atoms with Crippen LogP contribution in [0.3, 0.4) is 0 Å². The summed E-state index contributed by atoms with van der Waals surface area (Å²) in [5.41, 5.74) is 1.06. The lowest BCUT2D eigenvalue weighted by atomic mass is 10.1. The number of benzene rings is 1. The first kappa shape index (κ1) is 13.2. The zero-order valence-electron chi connectivity index (χ0n) is 10.6. The third kappa shape index (κ3) is 2.61. The van der Waals surface area contributed by atoms with Gasteiger partial charge in [-0.25, -0.2) is 4.79 Å². The monoisotopic (exact) mass is 261 g/mol. The van der Waals surface area contributed by atoms with Crippen molar-refractivity contribution < 1.29 is 14.6 Å². The number of methoxy groups -OCH3 is 1. The molecule has 0 aliphatic carbocycles. The molecule has 19 heavy (non-hydrogen) atoms. The maximum absolute atomic E-state index is 11.3. The van der Waals surface area contributed by atoms with E-state index in [9.17, 15) is 9.90 Å². The Morgan fingerprint density at radius 3 is 3.05 bits per heavy atom. The van der Waals surface area contributed by atoms with Gasteiger partial charge < -0.3 is 20.1 Å². The molecule has 1 fully saturated rings. The fraction of sp³-hybridized carbons (Fsp3) is 0.385. The van der Waals surface area contributed by atoms with Gasteiger partial charge in [-0.2, -0.15) is 5.26 Å². The molecule has 0 aromatic heterocycles. The molecule has 100 valence electrons. The van der Waals surface area contributed by atoms with Crippen LogP contribution in [0.25, 0.3) is 0 Å². The number of carbonyl (C=O) groups is 1. The number of aliphatic carboxylic acids is 1. The topological polar surface area (TPSA) is 85.6 Å². The van der Waals surface area contributed by atoms with Crippen molar-refractivity contribution in [3.63, 3.8) is 0 Å². The van der Waals surface area contributed by atoms with E-state index in [0.29, 0.717) is 36.6 Å². The molecule has 0 saturated carbocycles. The highest BCUT2D eigenvalue weighted by atomic mass is 16.5. The molecule has 1 heterocycles. The summed E-state index contributed by atoms with van der Waals surface area (Å²) in [6.45, 7) is 1.59. The molecule has 1 aliphatic heterocycles. The average molecular weight is 261 g/mol. The van der Waals surface area contributed by atoms with Gasteiger partial charge in [0, 0.05) is 25.7 Å². The minimum Gasteiger partial charge on any atom is -0.497 e. The molecule has 1 saturated heterocycles. The number of rotatable bonds is 3. The van der Waals surface area contributed by atoms with Gasteiger partial charge in [-0.05, 0) is 12.1 Å². The third-order valence-electron chi connectivity index (χ3n) is 3.16. The van der Waals surface area contributed by atoms with Crippen LogP contribution in [0.1, 0.15) is 5.56 Å². The zero-order valence-corrected chi connectivity index (χ0v) is 10.6. The average Bonchev–Trinajstić information content (AvgIpc) is 2.46. The van der Waals surface area contributed by atoms with Crippen molar-refractivity contribution in [2.75, 3.05) is 31.6 Å². The minimum absolute atomic E-state index is 0.359. The molecule has 2 N–H and O–H groups in total. The van der Waals surface area contributed by atoms with Gasteiger partial charge >= 0.3 is 5.97 Å². The highest BCUT2D eigenvalue weighted by molar-refractivity contribution is 5.80. The van der Waals surface area contributed by atoms with Gasteiger partial charge in [0.1, 0.15) is 17.9 Å². The number of nitrogens with one attached hydrogen (secondary N) is 1. The number of ether oxygens (including phenoxy) is 1. The van der Waals surface area contributed by atoms with Crippen molar-refractivity contribution in [1.29, 1.82) is 5.26 Å². The third-order valence-corrected chi connectivity index (χ3v) is 3.16. The number of carboxylic acids is 1. The molecule has 1 atom stereocenters. The molecule has 1 aromatic rings. The van der Waals surface area contributed by atoms with Crippen LogP contribution < -0.4 is 15.0 Å². The van der Waals surface area contributed by atoms with Crippen LogP contribution in [0.4, 0.5) is 5.69 Å². The minimum atomic E-state index is -0.904. The Balaban J connectivity index is 2.43. The Bertz CT molecular complexity index is 524. The zero-order chi connectivity index (χ0) is 13.8. The molecule has 1 aliphatic rings. The van der Waals surface area contributed by atoms with Gasteiger partial charge in [-0.15, -0.1) is 0 Å². The normalized spacial score (nSPS) is 18.7. The lowest BCUT2D eigenvalue weighted by Gasteiger charge is -2.35. The van der Waals surface area contributed by atoms with E-state index in [0.717, 1.165) is 0 Å². The first-order valence-electron chi connectivity index (χ1n) is 5.95.